The fourth-order valence-corrected chi connectivity index (χ4v) is 4.21. The SMILES string of the molecule is O=c1c2scc(-c3ccccc3)c2ncn1Cc1cc(=O)n2ccccc2n1. The molecule has 0 amide bonds. The van der Waals surface area contributed by atoms with Crippen molar-refractivity contribution in [2.75, 3.05) is 0 Å². The zero-order chi connectivity index (χ0) is 19.1. The predicted octanol–water partition coefficient (Wildman–Crippen LogP) is 3.18. The van der Waals surface area contributed by atoms with E-state index in [1.54, 1.807) is 18.3 Å². The Morgan fingerprint density at radius 2 is 1.82 bits per heavy atom. The van der Waals surface area contributed by atoms with E-state index in [0.717, 1.165) is 11.1 Å². The van der Waals surface area contributed by atoms with E-state index in [4.69, 9.17) is 0 Å². The molecule has 0 atom stereocenters. The van der Waals surface area contributed by atoms with Crippen molar-refractivity contribution in [3.05, 3.63) is 98.9 Å². The van der Waals surface area contributed by atoms with E-state index in [-0.39, 0.29) is 17.7 Å². The first-order valence-corrected chi connectivity index (χ1v) is 9.58. The Balaban J connectivity index is 1.58. The fourth-order valence-electron chi connectivity index (χ4n) is 3.24. The van der Waals surface area contributed by atoms with E-state index < -0.39 is 0 Å². The van der Waals surface area contributed by atoms with Crippen LogP contribution in [0.1, 0.15) is 5.69 Å². The molecule has 0 radical (unpaired) electrons. The van der Waals surface area contributed by atoms with Crippen molar-refractivity contribution in [1.82, 2.24) is 18.9 Å². The van der Waals surface area contributed by atoms with Gasteiger partial charge in [-0.25, -0.2) is 9.97 Å². The number of nitrogens with zero attached hydrogens (tertiary/aromatic N) is 4. The van der Waals surface area contributed by atoms with Crippen LogP contribution in [0.4, 0.5) is 0 Å². The van der Waals surface area contributed by atoms with Crippen molar-refractivity contribution in [3.8, 4) is 11.1 Å². The molecule has 6 nitrogen and oxygen atoms in total. The highest BCUT2D eigenvalue weighted by Crippen LogP contribution is 2.30. The van der Waals surface area contributed by atoms with Gasteiger partial charge < -0.3 is 0 Å². The summed E-state index contributed by atoms with van der Waals surface area (Å²) in [4.78, 5) is 34.2. The maximum Gasteiger partial charge on any atom is 0.271 e. The summed E-state index contributed by atoms with van der Waals surface area (Å²) in [5.74, 6) is 0. The molecular weight excluding hydrogens is 372 g/mol. The lowest BCUT2D eigenvalue weighted by Gasteiger charge is -2.07. The molecule has 0 aliphatic carbocycles. The van der Waals surface area contributed by atoms with Gasteiger partial charge in [-0.3, -0.25) is 18.6 Å². The molecule has 0 N–H and O–H groups in total. The minimum atomic E-state index is -0.176. The summed E-state index contributed by atoms with van der Waals surface area (Å²) >= 11 is 1.38. The van der Waals surface area contributed by atoms with E-state index in [1.807, 2.05) is 41.8 Å². The van der Waals surface area contributed by atoms with Crippen molar-refractivity contribution in [3.63, 3.8) is 0 Å². The van der Waals surface area contributed by atoms with Crippen LogP contribution in [0.3, 0.4) is 0 Å². The lowest BCUT2D eigenvalue weighted by molar-refractivity contribution is 0.728. The topological polar surface area (TPSA) is 69.3 Å². The Morgan fingerprint density at radius 1 is 1.00 bits per heavy atom. The second-order valence-corrected chi connectivity index (χ2v) is 7.26. The van der Waals surface area contributed by atoms with Gasteiger partial charge in [0.2, 0.25) is 0 Å². The Morgan fingerprint density at radius 3 is 2.68 bits per heavy atom. The zero-order valence-electron chi connectivity index (χ0n) is 14.6. The van der Waals surface area contributed by atoms with Gasteiger partial charge in [-0.2, -0.15) is 0 Å². The van der Waals surface area contributed by atoms with E-state index >= 15 is 0 Å². The zero-order valence-corrected chi connectivity index (χ0v) is 15.5. The standard InChI is InChI=1S/C21H14N4O2S/c26-18-10-15(23-17-8-4-5-9-25(17)18)11-24-13-22-19-16(12-28-20(19)21(24)27)14-6-2-1-3-7-14/h1-10,12-13H,11H2. The molecule has 136 valence electrons. The minimum absolute atomic E-state index is 0.132. The van der Waals surface area contributed by atoms with Crippen molar-refractivity contribution in [1.29, 1.82) is 0 Å². The molecule has 5 aromatic rings. The molecule has 4 aromatic heterocycles. The van der Waals surface area contributed by atoms with Crippen LogP contribution in [-0.2, 0) is 6.54 Å². The first-order chi connectivity index (χ1) is 13.7. The van der Waals surface area contributed by atoms with E-state index in [9.17, 15) is 9.59 Å². The first-order valence-electron chi connectivity index (χ1n) is 8.70. The van der Waals surface area contributed by atoms with Crippen molar-refractivity contribution in [2.45, 2.75) is 6.54 Å². The molecule has 5 rings (SSSR count). The maximum absolute atomic E-state index is 12.9. The largest absolute Gasteiger partial charge is 0.292 e. The van der Waals surface area contributed by atoms with Crippen LogP contribution in [0.15, 0.2) is 82.1 Å². The molecule has 0 saturated carbocycles. The Bertz CT molecular complexity index is 1430. The molecular formula is C21H14N4O2S. The number of thiophene rings is 1. The number of rotatable bonds is 3. The van der Waals surface area contributed by atoms with Crippen LogP contribution >= 0.6 is 11.3 Å². The van der Waals surface area contributed by atoms with Gasteiger partial charge in [-0.05, 0) is 17.7 Å². The average molecular weight is 386 g/mol. The van der Waals surface area contributed by atoms with Crippen molar-refractivity contribution >= 4 is 27.2 Å². The van der Waals surface area contributed by atoms with Gasteiger partial charge in [0.15, 0.2) is 0 Å². The number of pyridine rings is 1. The predicted molar refractivity (Wildman–Crippen MR) is 110 cm³/mol. The molecule has 0 saturated heterocycles. The molecule has 4 heterocycles. The quantitative estimate of drug-likeness (QED) is 0.478. The molecule has 0 bridgehead atoms. The monoisotopic (exact) mass is 386 g/mol. The van der Waals surface area contributed by atoms with Gasteiger partial charge in [0.1, 0.15) is 10.3 Å². The third-order valence-electron chi connectivity index (χ3n) is 4.59. The van der Waals surface area contributed by atoms with Gasteiger partial charge in [-0.1, -0.05) is 36.4 Å². The number of fused-ring (bicyclic) bond motifs is 2. The average Bonchev–Trinajstić information content (AvgIpc) is 3.16. The van der Waals surface area contributed by atoms with E-state index in [2.05, 4.69) is 9.97 Å². The summed E-state index contributed by atoms with van der Waals surface area (Å²) in [6.45, 7) is 0.195. The molecule has 0 aliphatic rings. The van der Waals surface area contributed by atoms with Crippen LogP contribution in [0.25, 0.3) is 27.0 Å². The molecule has 0 fully saturated rings. The summed E-state index contributed by atoms with van der Waals surface area (Å²) in [6.07, 6.45) is 3.20. The third-order valence-corrected chi connectivity index (χ3v) is 5.54. The summed E-state index contributed by atoms with van der Waals surface area (Å²) in [6, 6.07) is 16.7. The van der Waals surface area contributed by atoms with E-state index in [1.165, 1.54) is 32.7 Å². The number of benzene rings is 1. The van der Waals surface area contributed by atoms with Crippen LogP contribution in [0, 0.1) is 0 Å². The van der Waals surface area contributed by atoms with Crippen molar-refractivity contribution in [2.24, 2.45) is 0 Å². The number of hydrogen-bond donors (Lipinski definition) is 0. The van der Waals surface area contributed by atoms with E-state index in [0.29, 0.717) is 21.6 Å². The van der Waals surface area contributed by atoms with Crippen LogP contribution < -0.4 is 11.1 Å². The Labute approximate surface area is 163 Å². The maximum atomic E-state index is 12.9. The molecule has 7 heteroatoms. The van der Waals surface area contributed by atoms with Crippen LogP contribution in [-0.4, -0.2) is 18.9 Å². The van der Waals surface area contributed by atoms with Gasteiger partial charge in [-0.15, -0.1) is 11.3 Å². The van der Waals surface area contributed by atoms with Gasteiger partial charge in [0.25, 0.3) is 11.1 Å². The fraction of sp³-hybridized carbons (Fsp3) is 0.0476. The van der Waals surface area contributed by atoms with Crippen LogP contribution in [0.5, 0.6) is 0 Å². The van der Waals surface area contributed by atoms with Gasteiger partial charge in [0, 0.05) is 23.2 Å². The molecule has 0 spiro atoms. The highest BCUT2D eigenvalue weighted by molar-refractivity contribution is 7.17. The minimum Gasteiger partial charge on any atom is -0.292 e. The summed E-state index contributed by atoms with van der Waals surface area (Å²) in [5.41, 5.74) is 3.45. The Hall–Kier alpha value is -3.58. The first kappa shape index (κ1) is 16.6. The highest BCUT2D eigenvalue weighted by atomic mass is 32.1. The summed E-state index contributed by atoms with van der Waals surface area (Å²) < 4.78 is 3.56. The second kappa shape index (κ2) is 6.54. The summed E-state index contributed by atoms with van der Waals surface area (Å²) in [5, 5.41) is 1.96. The lowest BCUT2D eigenvalue weighted by Crippen LogP contribution is -2.23. The second-order valence-electron chi connectivity index (χ2n) is 6.39. The van der Waals surface area contributed by atoms with Crippen LogP contribution in [0.2, 0.25) is 0 Å². The third kappa shape index (κ3) is 2.73. The molecule has 1 aromatic carbocycles. The molecule has 0 aliphatic heterocycles. The van der Waals surface area contributed by atoms with Crippen molar-refractivity contribution < 1.29 is 0 Å². The van der Waals surface area contributed by atoms with Gasteiger partial charge >= 0.3 is 0 Å². The molecule has 28 heavy (non-hydrogen) atoms. The lowest BCUT2D eigenvalue weighted by atomic mass is 10.1. The number of aromatic nitrogens is 4. The smallest absolute Gasteiger partial charge is 0.271 e. The number of hydrogen-bond acceptors (Lipinski definition) is 5. The Kier molecular flexibility index (Phi) is 3.87. The van der Waals surface area contributed by atoms with Gasteiger partial charge in [0.05, 0.1) is 24.1 Å². The highest BCUT2D eigenvalue weighted by Gasteiger charge is 2.13. The normalized spacial score (nSPS) is 11.3. The summed E-state index contributed by atoms with van der Waals surface area (Å²) in [7, 11) is 0. The molecule has 0 unspecified atom stereocenters.